The number of piperazine rings is 1. The normalized spacial score (nSPS) is 26.4. The summed E-state index contributed by atoms with van der Waals surface area (Å²) in [5, 5.41) is 11.8. The SMILES string of the molecule is CN1CCN([C@@H]2CN(C(=O)c3ccnc(N)c3)CC[C@]2(O)c2ccccc2)CC1. The summed E-state index contributed by atoms with van der Waals surface area (Å²) in [6, 6.07) is 13.0. The highest BCUT2D eigenvalue weighted by molar-refractivity contribution is 5.94. The van der Waals surface area contributed by atoms with Crippen LogP contribution < -0.4 is 5.73 Å². The molecule has 1 amide bonds. The van der Waals surface area contributed by atoms with Gasteiger partial charge in [-0.05, 0) is 31.2 Å². The summed E-state index contributed by atoms with van der Waals surface area (Å²) in [5.74, 6) is 0.276. The van der Waals surface area contributed by atoms with Gasteiger partial charge in [-0.25, -0.2) is 4.98 Å². The molecule has 0 aliphatic carbocycles. The molecule has 2 aromatic rings. The fraction of sp³-hybridized carbons (Fsp3) is 0.455. The van der Waals surface area contributed by atoms with E-state index in [1.54, 1.807) is 18.3 Å². The third-order valence-electron chi connectivity index (χ3n) is 6.28. The number of aromatic nitrogens is 1. The minimum atomic E-state index is -0.981. The number of hydrogen-bond donors (Lipinski definition) is 2. The maximum Gasteiger partial charge on any atom is 0.254 e. The largest absolute Gasteiger partial charge is 0.384 e. The molecule has 2 fully saturated rings. The Morgan fingerprint density at radius 2 is 1.86 bits per heavy atom. The number of nitrogen functional groups attached to an aromatic ring is 1. The van der Waals surface area contributed by atoms with Gasteiger partial charge in [0.25, 0.3) is 5.91 Å². The van der Waals surface area contributed by atoms with Gasteiger partial charge < -0.3 is 20.6 Å². The van der Waals surface area contributed by atoms with Gasteiger partial charge in [-0.3, -0.25) is 9.69 Å². The van der Waals surface area contributed by atoms with E-state index in [2.05, 4.69) is 21.8 Å². The molecule has 2 saturated heterocycles. The highest BCUT2D eigenvalue weighted by atomic mass is 16.3. The molecule has 7 nitrogen and oxygen atoms in total. The second kappa shape index (κ2) is 8.10. The number of piperidine rings is 1. The smallest absolute Gasteiger partial charge is 0.254 e. The van der Waals surface area contributed by atoms with Crippen molar-refractivity contribution in [2.75, 3.05) is 52.0 Å². The third-order valence-corrected chi connectivity index (χ3v) is 6.28. The number of carbonyl (C=O) groups excluding carboxylic acids is 1. The Kier molecular flexibility index (Phi) is 5.54. The van der Waals surface area contributed by atoms with Gasteiger partial charge in [0.2, 0.25) is 0 Å². The van der Waals surface area contributed by atoms with Crippen molar-refractivity contribution in [2.24, 2.45) is 0 Å². The molecule has 154 valence electrons. The fourth-order valence-corrected chi connectivity index (χ4v) is 4.49. The molecule has 0 unspecified atom stereocenters. The molecule has 7 heteroatoms. The molecule has 0 radical (unpaired) electrons. The molecule has 2 aliphatic rings. The zero-order valence-corrected chi connectivity index (χ0v) is 16.9. The third kappa shape index (κ3) is 3.99. The first-order valence-electron chi connectivity index (χ1n) is 10.2. The number of nitrogens with two attached hydrogens (primary N) is 1. The summed E-state index contributed by atoms with van der Waals surface area (Å²) in [6.07, 6.45) is 2.06. The molecule has 4 rings (SSSR count). The Morgan fingerprint density at radius 3 is 2.55 bits per heavy atom. The molecular formula is C22H29N5O2. The summed E-state index contributed by atoms with van der Waals surface area (Å²) < 4.78 is 0. The number of rotatable bonds is 3. The molecule has 1 aromatic carbocycles. The van der Waals surface area contributed by atoms with E-state index in [9.17, 15) is 9.90 Å². The van der Waals surface area contributed by atoms with E-state index < -0.39 is 5.60 Å². The predicted molar refractivity (Wildman–Crippen MR) is 112 cm³/mol. The van der Waals surface area contributed by atoms with Crippen molar-refractivity contribution in [2.45, 2.75) is 18.1 Å². The average molecular weight is 396 g/mol. The van der Waals surface area contributed by atoms with Crippen LogP contribution in [0.1, 0.15) is 22.3 Å². The van der Waals surface area contributed by atoms with Gasteiger partial charge in [0, 0.05) is 51.0 Å². The summed E-state index contributed by atoms with van der Waals surface area (Å²) in [6.45, 7) is 4.64. The van der Waals surface area contributed by atoms with Gasteiger partial charge in [0.1, 0.15) is 11.4 Å². The standard InChI is InChI=1S/C22H29N5O2/c1-25-11-13-26(14-12-25)19-16-27(21(28)17-7-9-24-20(23)15-17)10-8-22(19,29)18-5-3-2-4-6-18/h2-7,9,15,19,29H,8,10-14,16H2,1H3,(H2,23,24)/t19-,22+/m1/s1. The lowest BCUT2D eigenvalue weighted by Gasteiger charge is -2.51. The van der Waals surface area contributed by atoms with Crippen molar-refractivity contribution >= 4 is 11.7 Å². The molecular weight excluding hydrogens is 366 g/mol. The van der Waals surface area contributed by atoms with Gasteiger partial charge in [0.15, 0.2) is 0 Å². The number of pyridine rings is 1. The number of likely N-dealkylation sites (tertiary alicyclic amines) is 1. The Balaban J connectivity index is 1.62. The van der Waals surface area contributed by atoms with Crippen LogP contribution in [0.3, 0.4) is 0 Å². The van der Waals surface area contributed by atoms with Crippen molar-refractivity contribution in [3.63, 3.8) is 0 Å². The molecule has 0 saturated carbocycles. The number of amides is 1. The number of hydrogen-bond acceptors (Lipinski definition) is 6. The zero-order chi connectivity index (χ0) is 20.4. The Hall–Kier alpha value is -2.48. The molecule has 2 aliphatic heterocycles. The summed E-state index contributed by atoms with van der Waals surface area (Å²) >= 11 is 0. The lowest BCUT2D eigenvalue weighted by Crippen LogP contribution is -2.64. The van der Waals surface area contributed by atoms with E-state index in [0.29, 0.717) is 30.9 Å². The van der Waals surface area contributed by atoms with Gasteiger partial charge in [-0.2, -0.15) is 0 Å². The van der Waals surface area contributed by atoms with Crippen LogP contribution in [-0.4, -0.2) is 83.1 Å². The number of anilines is 1. The van der Waals surface area contributed by atoms with E-state index in [1.807, 2.05) is 35.2 Å². The predicted octanol–water partition coefficient (Wildman–Crippen LogP) is 1.01. The number of carbonyl (C=O) groups is 1. The molecule has 0 bridgehead atoms. The second-order valence-corrected chi connectivity index (χ2v) is 8.12. The Bertz CT molecular complexity index is 853. The number of nitrogens with zero attached hydrogens (tertiary/aromatic N) is 4. The lowest BCUT2D eigenvalue weighted by atomic mass is 9.79. The minimum absolute atomic E-state index is 0.0617. The van der Waals surface area contributed by atoms with Gasteiger partial charge >= 0.3 is 0 Å². The Morgan fingerprint density at radius 1 is 1.14 bits per heavy atom. The van der Waals surface area contributed by atoms with Gasteiger partial charge in [-0.15, -0.1) is 0 Å². The van der Waals surface area contributed by atoms with Gasteiger partial charge in [-0.1, -0.05) is 30.3 Å². The quantitative estimate of drug-likeness (QED) is 0.807. The first kappa shape index (κ1) is 19.8. The molecule has 2 atom stereocenters. The van der Waals surface area contributed by atoms with Crippen molar-refractivity contribution < 1.29 is 9.90 Å². The van der Waals surface area contributed by atoms with Crippen LogP contribution in [0.4, 0.5) is 5.82 Å². The Labute approximate surface area is 171 Å². The molecule has 3 N–H and O–H groups in total. The van der Waals surface area contributed by atoms with Crippen molar-refractivity contribution in [3.8, 4) is 0 Å². The van der Waals surface area contributed by atoms with Crippen LogP contribution in [0, 0.1) is 0 Å². The first-order valence-corrected chi connectivity index (χ1v) is 10.2. The topological polar surface area (TPSA) is 85.9 Å². The van der Waals surface area contributed by atoms with E-state index in [4.69, 9.17) is 5.73 Å². The number of aliphatic hydroxyl groups is 1. The first-order chi connectivity index (χ1) is 14.0. The summed E-state index contributed by atoms with van der Waals surface area (Å²) in [5.41, 5.74) is 6.25. The monoisotopic (exact) mass is 395 g/mol. The van der Waals surface area contributed by atoms with Crippen LogP contribution >= 0.6 is 0 Å². The minimum Gasteiger partial charge on any atom is -0.384 e. The van der Waals surface area contributed by atoms with Crippen LogP contribution in [0.25, 0.3) is 0 Å². The van der Waals surface area contributed by atoms with Crippen molar-refractivity contribution in [3.05, 3.63) is 59.8 Å². The van der Waals surface area contributed by atoms with Crippen molar-refractivity contribution in [1.29, 1.82) is 0 Å². The average Bonchev–Trinajstić information content (AvgIpc) is 2.75. The van der Waals surface area contributed by atoms with Gasteiger partial charge in [0.05, 0.1) is 6.04 Å². The van der Waals surface area contributed by atoms with Crippen molar-refractivity contribution in [1.82, 2.24) is 19.7 Å². The molecule has 1 aromatic heterocycles. The van der Waals surface area contributed by atoms with E-state index in [-0.39, 0.29) is 11.9 Å². The maximum atomic E-state index is 13.1. The summed E-state index contributed by atoms with van der Waals surface area (Å²) in [4.78, 5) is 23.6. The highest BCUT2D eigenvalue weighted by Gasteiger charge is 2.47. The summed E-state index contributed by atoms with van der Waals surface area (Å²) in [7, 11) is 2.12. The highest BCUT2D eigenvalue weighted by Crippen LogP contribution is 2.36. The zero-order valence-electron chi connectivity index (χ0n) is 16.9. The van der Waals surface area contributed by atoms with E-state index in [1.165, 1.54) is 0 Å². The van der Waals surface area contributed by atoms with Crippen LogP contribution in [-0.2, 0) is 5.60 Å². The fourth-order valence-electron chi connectivity index (χ4n) is 4.49. The second-order valence-electron chi connectivity index (χ2n) is 8.12. The molecule has 0 spiro atoms. The van der Waals surface area contributed by atoms with Crippen LogP contribution in [0.5, 0.6) is 0 Å². The number of likely N-dealkylation sites (N-methyl/N-ethyl adjacent to an activating group) is 1. The molecule has 3 heterocycles. The van der Waals surface area contributed by atoms with E-state index in [0.717, 1.165) is 31.7 Å². The number of benzene rings is 1. The maximum absolute atomic E-state index is 13.1. The lowest BCUT2D eigenvalue weighted by molar-refractivity contribution is -0.101. The van der Waals surface area contributed by atoms with E-state index >= 15 is 0 Å². The molecule has 29 heavy (non-hydrogen) atoms. The van der Waals surface area contributed by atoms with Crippen LogP contribution in [0.15, 0.2) is 48.7 Å². The van der Waals surface area contributed by atoms with Crippen LogP contribution in [0.2, 0.25) is 0 Å².